The fraction of sp³-hybridized carbons (Fsp3) is 0.309. The van der Waals surface area contributed by atoms with Crippen LogP contribution in [0.4, 0.5) is 0 Å². The van der Waals surface area contributed by atoms with Crippen molar-refractivity contribution < 1.29 is 77.0 Å². The number of hydrogen-bond donors (Lipinski definition) is 5. The summed E-state index contributed by atoms with van der Waals surface area (Å²) in [4.78, 5) is 80.7. The van der Waals surface area contributed by atoms with Crippen LogP contribution in [0.5, 0.6) is 34.5 Å². The number of Topliss-reactive ketones (excluding diaryl/α,β-unsaturated/α-hetero) is 3. The summed E-state index contributed by atoms with van der Waals surface area (Å²) in [6.45, 7) is 8.33. The van der Waals surface area contributed by atoms with Gasteiger partial charge in [0.15, 0.2) is 72.5 Å². The number of benzene rings is 3. The molecule has 0 atom stereocenters. The van der Waals surface area contributed by atoms with Crippen LogP contribution >= 0.6 is 58.6 Å². The monoisotopic (exact) mass is 1270 g/mol. The van der Waals surface area contributed by atoms with Crippen LogP contribution < -0.4 is 39.6 Å². The molecule has 3 heterocycles. The van der Waals surface area contributed by atoms with Crippen molar-refractivity contribution >= 4 is 106 Å². The molecule has 0 unspecified atom stereocenters. The van der Waals surface area contributed by atoms with E-state index < -0.39 is 19.1 Å². The second-order valence-corrected chi connectivity index (χ2v) is 19.2. The number of ketones is 3. The number of nitrogens with zero attached hydrogens (tertiary/aromatic N) is 6. The molecule has 85 heavy (non-hydrogen) atoms. The summed E-state index contributed by atoms with van der Waals surface area (Å²) in [5, 5.41) is 35.6. The molecule has 6 N–H and O–H groups in total. The first-order valence-corrected chi connectivity index (χ1v) is 29.8. The van der Waals surface area contributed by atoms with E-state index in [1.165, 1.54) is 115 Å². The van der Waals surface area contributed by atoms with Crippen molar-refractivity contribution in [1.29, 1.82) is 5.41 Å². The molecule has 3 aromatic carbocycles. The van der Waals surface area contributed by atoms with Crippen molar-refractivity contribution in [2.75, 3.05) is 80.9 Å². The molecule has 6 aromatic rings. The minimum atomic E-state index is -1.49. The normalized spacial score (nSPS) is 10.0. The standard InChI is InChI=1S/C15H16N2O3S.C14H14N2O4S.C9H14O4.C8H11BO4.C7H7ClN2OS.C2H6N2S/c1-9(18)11-8-16-15(21-4)17-14(11)10-5-6-12(19-2)13(7-10)20-3;1-19-10-5-4-8(6-11(10)20-2)12-9(13(17)18)7-15-14(16-12)21-3;1-4-12-6-8(7(3)10)9(11)13-5-2;1-12-7-4-3-6(9(10)11)5-8(7)13-2;1-4(11)5-3-9-7(12-2)10-6(5)8;1-5-2(3)4/h5-8H,1-4H3;4-7H,1-3H3,(H,17,18);6H,4-5H2,1-3H3;3-5,10-11H,1-2H3;3H,1-2H3;1H3,(H3,3,4)/b;;8-6-;;;. The van der Waals surface area contributed by atoms with Gasteiger partial charge in [0, 0.05) is 29.7 Å². The first kappa shape index (κ1) is 75.3. The fourth-order valence-electron chi connectivity index (χ4n) is 6.09. The lowest BCUT2D eigenvalue weighted by molar-refractivity contribution is -0.140. The number of carboxylic acid groups (broad SMARTS) is 1. The molecule has 0 aliphatic heterocycles. The van der Waals surface area contributed by atoms with Crippen LogP contribution in [-0.4, -0.2) is 168 Å². The van der Waals surface area contributed by atoms with Crippen molar-refractivity contribution in [3.8, 4) is 57.0 Å². The number of carbonyl (C=O) groups excluding carboxylic acids is 4. The molecule has 6 rings (SSSR count). The number of esters is 1. The van der Waals surface area contributed by atoms with Gasteiger partial charge in [0.05, 0.1) is 78.4 Å². The highest BCUT2D eigenvalue weighted by atomic mass is 35.5. The summed E-state index contributed by atoms with van der Waals surface area (Å²) in [6, 6.07) is 15.3. The number of thioether (sulfide) groups is 4. The van der Waals surface area contributed by atoms with Gasteiger partial charge in [-0.25, -0.2) is 39.5 Å². The van der Waals surface area contributed by atoms with E-state index in [1.807, 2.05) is 24.8 Å². The highest BCUT2D eigenvalue weighted by Gasteiger charge is 2.20. The topological polar surface area (TPSA) is 347 Å². The SMILES string of the molecule is CCO/C=C(/C(C)=O)C(=O)OCC.COc1ccc(-c2nc(SC)ncc2C(=O)O)cc1OC.COc1ccc(-c2nc(SC)ncc2C(C)=O)cc1OC.COc1ccc(B(O)O)cc1OC.CSC(=N)N.CSc1ncc(C(C)=O)c(Cl)n1. The maximum atomic E-state index is 11.8. The smallest absolute Gasteiger partial charge is 0.488 e. The highest BCUT2D eigenvalue weighted by Crippen LogP contribution is 2.35. The Kier molecular flexibility index (Phi) is 36.0. The Labute approximate surface area is 515 Å². The Morgan fingerprint density at radius 2 is 0.988 bits per heavy atom. The number of amidine groups is 1. The Morgan fingerprint density at radius 3 is 1.33 bits per heavy atom. The van der Waals surface area contributed by atoms with Crippen LogP contribution in [0.1, 0.15) is 65.7 Å². The van der Waals surface area contributed by atoms with Gasteiger partial charge in [0.2, 0.25) is 0 Å². The number of nitrogens with one attached hydrogen (secondary N) is 1. The van der Waals surface area contributed by atoms with Gasteiger partial charge in [-0.05, 0) is 114 Å². The third-order valence-corrected chi connectivity index (χ3v) is 12.7. The number of aromatic nitrogens is 6. The molecule has 0 radical (unpaired) electrons. The van der Waals surface area contributed by atoms with Crippen molar-refractivity contribution in [1.82, 2.24) is 29.9 Å². The highest BCUT2D eigenvalue weighted by molar-refractivity contribution is 8.13. The molecule has 0 saturated heterocycles. The van der Waals surface area contributed by atoms with E-state index in [0.717, 1.165) is 11.8 Å². The van der Waals surface area contributed by atoms with Crippen molar-refractivity contribution in [3.63, 3.8) is 0 Å². The summed E-state index contributed by atoms with van der Waals surface area (Å²) in [7, 11) is 7.73. The van der Waals surface area contributed by atoms with Crippen LogP contribution in [0, 0.1) is 5.41 Å². The van der Waals surface area contributed by atoms with E-state index in [0.29, 0.717) is 90.1 Å². The molecule has 0 spiro atoms. The van der Waals surface area contributed by atoms with Crippen LogP contribution in [0.25, 0.3) is 22.5 Å². The van der Waals surface area contributed by atoms with E-state index >= 15 is 0 Å². The molecular formula is C55H68BClN8O16S4. The predicted molar refractivity (Wildman–Crippen MR) is 332 cm³/mol. The van der Waals surface area contributed by atoms with Crippen LogP contribution in [0.2, 0.25) is 5.15 Å². The zero-order valence-electron chi connectivity index (χ0n) is 49.4. The third-order valence-electron chi connectivity index (χ3n) is 10.3. The number of hydrogen-bond acceptors (Lipinski definition) is 26. The summed E-state index contributed by atoms with van der Waals surface area (Å²) in [5.41, 5.74) is 8.42. The molecule has 30 heteroatoms. The van der Waals surface area contributed by atoms with E-state index in [1.54, 1.807) is 83.0 Å². The van der Waals surface area contributed by atoms with Crippen molar-refractivity contribution in [2.45, 2.75) is 50.1 Å². The molecule has 24 nitrogen and oxygen atoms in total. The van der Waals surface area contributed by atoms with E-state index in [-0.39, 0.29) is 45.4 Å². The van der Waals surface area contributed by atoms with Gasteiger partial charge < -0.3 is 58.8 Å². The van der Waals surface area contributed by atoms with Gasteiger partial charge in [-0.1, -0.05) is 64.7 Å². The number of carboxylic acids is 1. The van der Waals surface area contributed by atoms with Gasteiger partial charge in [0.25, 0.3) is 0 Å². The Balaban J connectivity index is 0.000000531. The number of aromatic carboxylic acids is 1. The maximum absolute atomic E-state index is 11.8. The van der Waals surface area contributed by atoms with Crippen LogP contribution in [-0.2, 0) is 19.1 Å². The van der Waals surface area contributed by atoms with Gasteiger partial charge >= 0.3 is 19.1 Å². The third kappa shape index (κ3) is 25.2. The summed E-state index contributed by atoms with van der Waals surface area (Å²) < 4.78 is 40.4. The largest absolute Gasteiger partial charge is 0.500 e. The average molecular weight is 1270 g/mol. The van der Waals surface area contributed by atoms with Gasteiger partial charge in [-0.3, -0.25) is 19.8 Å². The predicted octanol–water partition coefficient (Wildman–Crippen LogP) is 8.41. The van der Waals surface area contributed by atoms with Crippen molar-refractivity contribution in [2.24, 2.45) is 5.73 Å². The Morgan fingerprint density at radius 1 is 0.600 bits per heavy atom. The fourth-order valence-corrected chi connectivity index (χ4v) is 7.43. The van der Waals surface area contributed by atoms with Crippen molar-refractivity contribution in [3.05, 3.63) is 107 Å². The second-order valence-electron chi connectivity index (χ2n) is 15.7. The van der Waals surface area contributed by atoms with Gasteiger partial charge in [0.1, 0.15) is 22.6 Å². The number of rotatable bonds is 20. The van der Waals surface area contributed by atoms with E-state index in [4.69, 9.17) is 65.9 Å². The lowest BCUT2D eigenvalue weighted by Crippen LogP contribution is -2.29. The summed E-state index contributed by atoms with van der Waals surface area (Å²) in [6.07, 6.45) is 12.8. The summed E-state index contributed by atoms with van der Waals surface area (Å²) >= 11 is 11.1. The van der Waals surface area contributed by atoms with Gasteiger partial charge in [-0.2, -0.15) is 0 Å². The lowest BCUT2D eigenvalue weighted by Gasteiger charge is -2.11. The van der Waals surface area contributed by atoms with E-state index in [9.17, 15) is 29.1 Å². The molecule has 0 aliphatic carbocycles. The number of halogens is 1. The Bertz CT molecular complexity index is 3110. The first-order valence-electron chi connectivity index (χ1n) is 24.5. The molecule has 0 amide bonds. The zero-order chi connectivity index (χ0) is 64.3. The minimum absolute atomic E-state index is 0.0417. The molecule has 3 aromatic heterocycles. The summed E-state index contributed by atoms with van der Waals surface area (Å²) in [5.74, 6) is 1.08. The molecule has 0 saturated carbocycles. The van der Waals surface area contributed by atoms with Gasteiger partial charge in [-0.15, -0.1) is 0 Å². The minimum Gasteiger partial charge on any atom is -0.500 e. The number of carbonyl (C=O) groups is 5. The van der Waals surface area contributed by atoms with Crippen LogP contribution in [0.3, 0.4) is 0 Å². The molecule has 458 valence electrons. The molecule has 0 fully saturated rings. The Hall–Kier alpha value is -7.67. The quantitative estimate of drug-likeness (QED) is 0.00389. The number of ether oxygens (including phenoxy) is 8. The molecule has 0 aliphatic rings. The maximum Gasteiger partial charge on any atom is 0.488 e. The first-order chi connectivity index (χ1) is 40.4. The number of methoxy groups -OCH3 is 6. The zero-order valence-corrected chi connectivity index (χ0v) is 53.4. The second kappa shape index (κ2) is 40.6. The average Bonchev–Trinajstić information content (AvgIpc) is 2.92. The van der Waals surface area contributed by atoms with E-state index in [2.05, 4.69) is 34.6 Å². The molecule has 0 bridgehead atoms. The number of nitrogens with two attached hydrogens (primary N) is 1. The van der Waals surface area contributed by atoms with Crippen LogP contribution in [0.15, 0.2) is 100 Å². The molecular weight excluding hydrogens is 1200 g/mol. The lowest BCUT2D eigenvalue weighted by atomic mass is 9.80.